The first-order valence-corrected chi connectivity index (χ1v) is 2.95. The van der Waals surface area contributed by atoms with E-state index in [0.29, 0.717) is 0 Å². The third-order valence-electron chi connectivity index (χ3n) is 1.44. The Morgan fingerprint density at radius 3 is 2.27 bits per heavy atom. The van der Waals surface area contributed by atoms with Crippen LogP contribution in [0.15, 0.2) is 10.2 Å². The molecule has 60 valence electrons. The van der Waals surface area contributed by atoms with E-state index in [1.165, 1.54) is 0 Å². The molecule has 0 fully saturated rings. The molecular weight excluding hydrogens is 152 g/mol. The molecule has 0 spiro atoms. The third-order valence-corrected chi connectivity index (χ3v) is 1.44. The second-order valence-electron chi connectivity index (χ2n) is 2.17. The molecule has 0 radical (unpaired) electrons. The number of rotatable bonds is 2. The molecule has 0 aliphatic carbocycles. The van der Waals surface area contributed by atoms with Crippen LogP contribution >= 0.6 is 0 Å². The number of carboxylic acids is 2. The first-order valence-electron chi connectivity index (χ1n) is 2.95. The number of hydrogen-bond acceptors (Lipinski definition) is 4. The third kappa shape index (κ3) is 1.34. The Kier molecular flexibility index (Phi) is 1.84. The molecule has 1 heterocycles. The molecule has 0 bridgehead atoms. The Labute approximate surface area is 61.6 Å². The first-order chi connectivity index (χ1) is 5.13. The van der Waals surface area contributed by atoms with Gasteiger partial charge in [0.2, 0.25) is 0 Å². The predicted octanol–water partition coefficient (Wildman–Crippen LogP) is -0.394. The van der Waals surface area contributed by atoms with E-state index in [2.05, 4.69) is 10.2 Å². The van der Waals surface area contributed by atoms with Crippen molar-refractivity contribution in [3.8, 4) is 0 Å². The van der Waals surface area contributed by atoms with Crippen molar-refractivity contribution >= 4 is 11.9 Å². The predicted molar refractivity (Wildman–Crippen MR) is 32.3 cm³/mol. The summed E-state index contributed by atoms with van der Waals surface area (Å²) in [4.78, 5) is 20.6. The average molecular weight is 158 g/mol. The van der Waals surface area contributed by atoms with Crippen molar-refractivity contribution < 1.29 is 19.8 Å². The highest BCUT2D eigenvalue weighted by Gasteiger charge is 2.37. The van der Waals surface area contributed by atoms with E-state index in [1.807, 2.05) is 0 Å². The van der Waals surface area contributed by atoms with Crippen molar-refractivity contribution in [2.45, 2.75) is 6.04 Å². The van der Waals surface area contributed by atoms with Crippen LogP contribution in [0.3, 0.4) is 0 Å². The minimum atomic E-state index is -1.24. The van der Waals surface area contributed by atoms with E-state index < -0.39 is 23.9 Å². The number of azo groups is 1. The Morgan fingerprint density at radius 2 is 1.91 bits per heavy atom. The molecule has 0 saturated carbocycles. The van der Waals surface area contributed by atoms with Gasteiger partial charge in [-0.3, -0.25) is 4.79 Å². The molecule has 0 saturated heterocycles. The van der Waals surface area contributed by atoms with Crippen LogP contribution in [0.1, 0.15) is 0 Å². The number of hydrogen-bond donors (Lipinski definition) is 2. The van der Waals surface area contributed by atoms with Crippen molar-refractivity contribution in [3.63, 3.8) is 0 Å². The van der Waals surface area contributed by atoms with Gasteiger partial charge in [0, 0.05) is 0 Å². The lowest BCUT2D eigenvalue weighted by Crippen LogP contribution is -2.31. The maximum absolute atomic E-state index is 10.3. The summed E-state index contributed by atoms with van der Waals surface area (Å²) in [6.45, 7) is -0.0354. The monoisotopic (exact) mass is 158 g/mol. The molecule has 1 aliphatic heterocycles. The summed E-state index contributed by atoms with van der Waals surface area (Å²) in [5, 5.41) is 23.5. The van der Waals surface area contributed by atoms with E-state index in [4.69, 9.17) is 10.2 Å². The second-order valence-corrected chi connectivity index (χ2v) is 2.17. The zero-order chi connectivity index (χ0) is 8.43. The van der Waals surface area contributed by atoms with Crippen LogP contribution in [-0.2, 0) is 9.59 Å². The summed E-state index contributed by atoms with van der Waals surface area (Å²) in [7, 11) is 0. The molecule has 11 heavy (non-hydrogen) atoms. The molecule has 1 rings (SSSR count). The number of nitrogens with zero attached hydrogens (tertiary/aromatic N) is 2. The van der Waals surface area contributed by atoms with E-state index in [-0.39, 0.29) is 6.54 Å². The van der Waals surface area contributed by atoms with E-state index in [1.54, 1.807) is 0 Å². The molecule has 2 atom stereocenters. The van der Waals surface area contributed by atoms with E-state index >= 15 is 0 Å². The van der Waals surface area contributed by atoms with Crippen LogP contribution in [0, 0.1) is 5.92 Å². The van der Waals surface area contributed by atoms with E-state index in [9.17, 15) is 9.59 Å². The summed E-state index contributed by atoms with van der Waals surface area (Å²) in [6, 6.07) is -1.20. The van der Waals surface area contributed by atoms with Gasteiger partial charge in [0.05, 0.1) is 6.54 Å². The Morgan fingerprint density at radius 1 is 1.27 bits per heavy atom. The van der Waals surface area contributed by atoms with Gasteiger partial charge in [-0.05, 0) is 0 Å². The zero-order valence-electron chi connectivity index (χ0n) is 5.47. The number of aliphatic carboxylic acids is 2. The second kappa shape index (κ2) is 2.65. The molecule has 6 nitrogen and oxygen atoms in total. The van der Waals surface area contributed by atoms with Gasteiger partial charge in [-0.15, -0.1) is 0 Å². The minimum Gasteiger partial charge on any atom is -0.481 e. The molecule has 6 heteroatoms. The number of carbonyl (C=O) groups is 2. The molecule has 2 unspecified atom stereocenters. The maximum Gasteiger partial charge on any atom is 0.331 e. The van der Waals surface area contributed by atoms with Crippen molar-refractivity contribution in [2.24, 2.45) is 16.1 Å². The normalized spacial score (nSPS) is 28.7. The fraction of sp³-hybridized carbons (Fsp3) is 0.600. The van der Waals surface area contributed by atoms with Crippen LogP contribution in [0.4, 0.5) is 0 Å². The van der Waals surface area contributed by atoms with Crippen LogP contribution in [0.5, 0.6) is 0 Å². The van der Waals surface area contributed by atoms with Crippen LogP contribution in [0.25, 0.3) is 0 Å². The van der Waals surface area contributed by atoms with Gasteiger partial charge in [-0.25, -0.2) is 4.79 Å². The standard InChI is InChI=1S/C5H6N2O4/c8-4(9)2-1-6-7-3(2)5(10)11/h2-3H,1H2,(H,8,9)(H,10,11). The highest BCUT2D eigenvalue weighted by Crippen LogP contribution is 2.16. The molecule has 0 aromatic heterocycles. The van der Waals surface area contributed by atoms with Crippen LogP contribution in [-0.4, -0.2) is 34.7 Å². The summed E-state index contributed by atoms with van der Waals surface area (Å²) in [5.41, 5.74) is 0. The largest absolute Gasteiger partial charge is 0.481 e. The molecule has 1 aliphatic rings. The molecule has 0 aromatic carbocycles. The average Bonchev–Trinajstić information content (AvgIpc) is 2.32. The lowest BCUT2D eigenvalue weighted by atomic mass is 10.0. The number of carboxylic acid groups (broad SMARTS) is 2. The minimum absolute atomic E-state index is 0.0354. The van der Waals surface area contributed by atoms with Crippen molar-refractivity contribution in [2.75, 3.05) is 6.54 Å². The van der Waals surface area contributed by atoms with Gasteiger partial charge < -0.3 is 10.2 Å². The summed E-state index contributed by atoms with van der Waals surface area (Å²) < 4.78 is 0. The fourth-order valence-electron chi connectivity index (χ4n) is 0.838. The van der Waals surface area contributed by atoms with Crippen molar-refractivity contribution in [3.05, 3.63) is 0 Å². The SMILES string of the molecule is O=C(O)C1CN=NC1C(=O)O. The molecular formula is C5H6N2O4. The van der Waals surface area contributed by atoms with Crippen molar-refractivity contribution in [1.29, 1.82) is 0 Å². The van der Waals surface area contributed by atoms with Gasteiger partial charge in [-0.1, -0.05) is 0 Å². The highest BCUT2D eigenvalue weighted by atomic mass is 16.4. The lowest BCUT2D eigenvalue weighted by Gasteiger charge is -2.05. The fourth-order valence-corrected chi connectivity index (χ4v) is 0.838. The zero-order valence-corrected chi connectivity index (χ0v) is 5.47. The van der Waals surface area contributed by atoms with E-state index in [0.717, 1.165) is 0 Å². The Bertz CT molecular complexity index is 225. The van der Waals surface area contributed by atoms with Gasteiger partial charge in [0.25, 0.3) is 0 Å². The Balaban J connectivity index is 2.71. The van der Waals surface area contributed by atoms with Crippen LogP contribution in [0.2, 0.25) is 0 Å². The van der Waals surface area contributed by atoms with Crippen LogP contribution < -0.4 is 0 Å². The highest BCUT2D eigenvalue weighted by molar-refractivity contribution is 5.83. The van der Waals surface area contributed by atoms with Crippen molar-refractivity contribution in [1.82, 2.24) is 0 Å². The molecule has 0 aromatic rings. The van der Waals surface area contributed by atoms with Gasteiger partial charge >= 0.3 is 11.9 Å². The topological polar surface area (TPSA) is 99.3 Å². The first kappa shape index (κ1) is 7.64. The quantitative estimate of drug-likeness (QED) is 0.571. The van der Waals surface area contributed by atoms with Gasteiger partial charge in [-0.2, -0.15) is 10.2 Å². The molecule has 2 N–H and O–H groups in total. The molecule has 0 amide bonds. The van der Waals surface area contributed by atoms with Gasteiger partial charge in [0.1, 0.15) is 5.92 Å². The maximum atomic E-state index is 10.3. The van der Waals surface area contributed by atoms with Gasteiger partial charge in [0.15, 0.2) is 6.04 Å². The summed E-state index contributed by atoms with van der Waals surface area (Å²) in [6.07, 6.45) is 0. The smallest absolute Gasteiger partial charge is 0.331 e. The lowest BCUT2D eigenvalue weighted by molar-refractivity contribution is -0.148. The summed E-state index contributed by atoms with van der Waals surface area (Å²) >= 11 is 0. The summed E-state index contributed by atoms with van der Waals surface area (Å²) in [5.74, 6) is -3.39. The Hall–Kier alpha value is -1.46.